The quantitative estimate of drug-likeness (QED) is 0.565. The monoisotopic (exact) mass is 154 g/mol. The van der Waals surface area contributed by atoms with Crippen LogP contribution in [0, 0.1) is 5.92 Å². The highest BCUT2D eigenvalue weighted by molar-refractivity contribution is 5.49. The lowest BCUT2D eigenvalue weighted by Crippen LogP contribution is -2.33. The lowest BCUT2D eigenvalue weighted by molar-refractivity contribution is -0.108. The van der Waals surface area contributed by atoms with E-state index in [0.29, 0.717) is 18.4 Å². The zero-order valence-corrected chi connectivity index (χ0v) is 7.12. The number of carbonyl (C=O) groups excluding carboxylic acids is 1. The fraction of sp³-hybridized carbons (Fsp3) is 0.889. The fourth-order valence-corrected chi connectivity index (χ4v) is 1.59. The Kier molecular flexibility index (Phi) is 3.57. The van der Waals surface area contributed by atoms with Gasteiger partial charge in [-0.2, -0.15) is 0 Å². The summed E-state index contributed by atoms with van der Waals surface area (Å²) in [6.45, 7) is 3.13. The first-order valence-electron chi connectivity index (χ1n) is 4.45. The van der Waals surface area contributed by atoms with Gasteiger partial charge in [-0.1, -0.05) is 13.3 Å². The number of piperidine rings is 1. The molecule has 1 radical (unpaired) electrons. The Bertz CT molecular complexity index is 119. The molecule has 63 valence electrons. The molecule has 0 amide bonds. The van der Waals surface area contributed by atoms with Crippen LogP contribution in [0.2, 0.25) is 0 Å². The van der Waals surface area contributed by atoms with Crippen molar-refractivity contribution in [1.82, 2.24) is 5.32 Å². The molecule has 1 rings (SSSR count). The van der Waals surface area contributed by atoms with Crippen LogP contribution in [0.25, 0.3) is 0 Å². The first-order valence-corrected chi connectivity index (χ1v) is 4.45. The zero-order chi connectivity index (χ0) is 8.10. The van der Waals surface area contributed by atoms with Gasteiger partial charge in [0.15, 0.2) is 0 Å². The summed E-state index contributed by atoms with van der Waals surface area (Å²) in [5.74, 6) is 0.466. The highest BCUT2D eigenvalue weighted by atomic mass is 16.1. The third-order valence-corrected chi connectivity index (χ3v) is 2.40. The first-order chi connectivity index (χ1) is 5.34. The molecule has 2 heteroatoms. The van der Waals surface area contributed by atoms with E-state index in [1.54, 1.807) is 0 Å². The first kappa shape index (κ1) is 8.72. The van der Waals surface area contributed by atoms with Gasteiger partial charge in [-0.15, -0.1) is 0 Å². The number of aldehydes is 1. The van der Waals surface area contributed by atoms with Crippen molar-refractivity contribution in [3.05, 3.63) is 0 Å². The van der Waals surface area contributed by atoms with Crippen molar-refractivity contribution in [2.45, 2.75) is 38.6 Å². The number of rotatable bonds is 3. The Labute approximate surface area is 68.4 Å². The molecule has 1 aliphatic heterocycles. The normalized spacial score (nSPS) is 27.9. The lowest BCUT2D eigenvalue weighted by Gasteiger charge is -2.25. The van der Waals surface area contributed by atoms with E-state index in [4.69, 9.17) is 0 Å². The standard InChI is InChI=1S/C9H16NO/c1-8(5-7-11)9-4-2-3-6-10-9/h7-9H,2-6H2,1H3. The van der Waals surface area contributed by atoms with Crippen LogP contribution in [0.1, 0.15) is 32.6 Å². The third kappa shape index (κ3) is 2.62. The lowest BCUT2D eigenvalue weighted by atomic mass is 9.92. The summed E-state index contributed by atoms with van der Waals surface area (Å²) >= 11 is 0. The van der Waals surface area contributed by atoms with E-state index < -0.39 is 0 Å². The molecule has 1 heterocycles. The molecule has 2 atom stereocenters. The molecule has 1 fully saturated rings. The maximum atomic E-state index is 10.2. The highest BCUT2D eigenvalue weighted by Gasteiger charge is 2.19. The summed E-state index contributed by atoms with van der Waals surface area (Å²) in [4.78, 5) is 10.2. The molecule has 11 heavy (non-hydrogen) atoms. The molecule has 0 bridgehead atoms. The SMILES string of the molecule is CC(CC=O)C1CCCC[N]1. The molecule has 0 aromatic heterocycles. The molecule has 0 N–H and O–H groups in total. The maximum absolute atomic E-state index is 10.2. The molecule has 0 saturated carbocycles. The van der Waals surface area contributed by atoms with Gasteiger partial charge in [-0.3, -0.25) is 0 Å². The van der Waals surface area contributed by atoms with Crippen molar-refractivity contribution in [2.75, 3.05) is 6.54 Å². The minimum absolute atomic E-state index is 0.466. The van der Waals surface area contributed by atoms with Crippen LogP contribution >= 0.6 is 0 Å². The van der Waals surface area contributed by atoms with E-state index >= 15 is 0 Å². The molecule has 0 aromatic carbocycles. The molecule has 2 nitrogen and oxygen atoms in total. The summed E-state index contributed by atoms with van der Waals surface area (Å²) in [6, 6.07) is 0.467. The van der Waals surface area contributed by atoms with Gasteiger partial charge in [0.2, 0.25) is 0 Å². The van der Waals surface area contributed by atoms with Crippen molar-refractivity contribution >= 4 is 6.29 Å². The third-order valence-electron chi connectivity index (χ3n) is 2.40. The maximum Gasteiger partial charge on any atom is 0.120 e. The Morgan fingerprint density at radius 2 is 2.45 bits per heavy atom. The van der Waals surface area contributed by atoms with Crippen LogP contribution in [0.3, 0.4) is 0 Å². The average Bonchev–Trinajstić information content (AvgIpc) is 2.07. The van der Waals surface area contributed by atoms with Gasteiger partial charge in [-0.25, -0.2) is 5.32 Å². The van der Waals surface area contributed by atoms with Gasteiger partial charge in [0.1, 0.15) is 6.29 Å². The van der Waals surface area contributed by atoms with Crippen LogP contribution < -0.4 is 5.32 Å². The molecule has 0 spiro atoms. The second-order valence-electron chi connectivity index (χ2n) is 3.35. The molecule has 2 unspecified atom stereocenters. The molecule has 0 aliphatic carbocycles. The summed E-state index contributed by atoms with van der Waals surface area (Å²) in [5.41, 5.74) is 0. The Balaban J connectivity index is 2.26. The van der Waals surface area contributed by atoms with Gasteiger partial charge in [0.25, 0.3) is 0 Å². The van der Waals surface area contributed by atoms with Gasteiger partial charge < -0.3 is 4.79 Å². The largest absolute Gasteiger partial charge is 0.303 e. The van der Waals surface area contributed by atoms with Gasteiger partial charge in [0.05, 0.1) is 0 Å². The second kappa shape index (κ2) is 4.50. The van der Waals surface area contributed by atoms with Crippen LogP contribution in [0.15, 0.2) is 0 Å². The predicted octanol–water partition coefficient (Wildman–Crippen LogP) is 1.37. The van der Waals surface area contributed by atoms with Crippen LogP contribution in [-0.4, -0.2) is 18.9 Å². The molecule has 1 aliphatic rings. The van der Waals surface area contributed by atoms with Gasteiger partial charge in [0, 0.05) is 19.0 Å². The molecular weight excluding hydrogens is 138 g/mol. The number of carbonyl (C=O) groups is 1. The zero-order valence-electron chi connectivity index (χ0n) is 7.12. The van der Waals surface area contributed by atoms with Crippen molar-refractivity contribution in [2.24, 2.45) is 5.92 Å². The summed E-state index contributed by atoms with van der Waals surface area (Å²) < 4.78 is 0. The Morgan fingerprint density at radius 1 is 1.64 bits per heavy atom. The summed E-state index contributed by atoms with van der Waals surface area (Å²) in [7, 11) is 0. The van der Waals surface area contributed by atoms with Crippen molar-refractivity contribution in [3.8, 4) is 0 Å². The molecule has 1 saturated heterocycles. The van der Waals surface area contributed by atoms with E-state index in [2.05, 4.69) is 12.2 Å². The van der Waals surface area contributed by atoms with E-state index in [9.17, 15) is 4.79 Å². The minimum atomic E-state index is 0.466. The van der Waals surface area contributed by atoms with E-state index in [0.717, 1.165) is 12.8 Å². The summed E-state index contributed by atoms with van der Waals surface area (Å²) in [5, 5.41) is 4.49. The molecular formula is C9H16NO. The topological polar surface area (TPSA) is 31.2 Å². The Morgan fingerprint density at radius 3 is 3.00 bits per heavy atom. The second-order valence-corrected chi connectivity index (χ2v) is 3.35. The van der Waals surface area contributed by atoms with Crippen molar-refractivity contribution in [3.63, 3.8) is 0 Å². The Hall–Kier alpha value is -0.370. The predicted molar refractivity (Wildman–Crippen MR) is 44.5 cm³/mol. The van der Waals surface area contributed by atoms with Crippen molar-refractivity contribution in [1.29, 1.82) is 0 Å². The average molecular weight is 154 g/mol. The number of hydrogen-bond acceptors (Lipinski definition) is 1. The van der Waals surface area contributed by atoms with E-state index in [1.165, 1.54) is 19.3 Å². The fourth-order valence-electron chi connectivity index (χ4n) is 1.59. The summed E-state index contributed by atoms with van der Waals surface area (Å²) in [6.07, 6.45) is 5.40. The van der Waals surface area contributed by atoms with Gasteiger partial charge in [-0.05, 0) is 18.8 Å². The van der Waals surface area contributed by atoms with E-state index in [-0.39, 0.29) is 0 Å². The number of nitrogens with zero attached hydrogens (tertiary/aromatic N) is 1. The molecule has 0 aromatic rings. The minimum Gasteiger partial charge on any atom is -0.303 e. The van der Waals surface area contributed by atoms with Crippen LogP contribution in [0.5, 0.6) is 0 Å². The highest BCUT2D eigenvalue weighted by Crippen LogP contribution is 2.17. The number of hydrogen-bond donors (Lipinski definition) is 0. The van der Waals surface area contributed by atoms with E-state index in [1.807, 2.05) is 0 Å². The smallest absolute Gasteiger partial charge is 0.120 e. The van der Waals surface area contributed by atoms with Crippen LogP contribution in [-0.2, 0) is 4.79 Å². The van der Waals surface area contributed by atoms with Crippen molar-refractivity contribution < 1.29 is 4.79 Å². The van der Waals surface area contributed by atoms with Gasteiger partial charge >= 0.3 is 0 Å². The van der Waals surface area contributed by atoms with Crippen LogP contribution in [0.4, 0.5) is 0 Å².